The number of carbonyl (C=O) groups is 1. The Kier molecular flexibility index (Phi) is 3.22. The SMILES string of the molecule is C#CC(C)OC(=O)C=C. The predicted octanol–water partition coefficient (Wildman–Crippen LogP) is 0.737. The maximum Gasteiger partial charge on any atom is 0.331 e. The van der Waals surface area contributed by atoms with Crippen molar-refractivity contribution in [1.82, 2.24) is 0 Å². The van der Waals surface area contributed by atoms with E-state index in [-0.39, 0.29) is 0 Å². The second kappa shape index (κ2) is 3.73. The van der Waals surface area contributed by atoms with Gasteiger partial charge in [-0.1, -0.05) is 12.5 Å². The molecule has 0 aromatic rings. The second-order valence-electron chi connectivity index (χ2n) is 1.45. The zero-order valence-corrected chi connectivity index (χ0v) is 5.26. The first kappa shape index (κ1) is 7.77. The minimum atomic E-state index is -0.486. The lowest BCUT2D eigenvalue weighted by Gasteiger charge is -2.01. The predicted molar refractivity (Wildman–Crippen MR) is 34.6 cm³/mol. The first-order valence-corrected chi connectivity index (χ1v) is 2.50. The number of rotatable bonds is 2. The molecule has 48 valence electrons. The van der Waals surface area contributed by atoms with Crippen molar-refractivity contribution in [2.24, 2.45) is 0 Å². The molecule has 0 saturated heterocycles. The minimum Gasteiger partial charge on any atom is -0.446 e. The summed E-state index contributed by atoms with van der Waals surface area (Å²) in [5.74, 6) is 1.75. The van der Waals surface area contributed by atoms with Crippen LogP contribution in [0.2, 0.25) is 0 Å². The van der Waals surface area contributed by atoms with Crippen molar-refractivity contribution in [3.8, 4) is 12.3 Å². The Bertz CT molecular complexity index is 153. The van der Waals surface area contributed by atoms with Gasteiger partial charge in [-0.3, -0.25) is 0 Å². The van der Waals surface area contributed by atoms with Crippen LogP contribution in [0.25, 0.3) is 0 Å². The van der Waals surface area contributed by atoms with Crippen LogP contribution in [0.4, 0.5) is 0 Å². The van der Waals surface area contributed by atoms with E-state index in [4.69, 9.17) is 6.42 Å². The van der Waals surface area contributed by atoms with E-state index in [0.717, 1.165) is 6.08 Å². The van der Waals surface area contributed by atoms with Crippen molar-refractivity contribution in [2.45, 2.75) is 13.0 Å². The lowest BCUT2D eigenvalue weighted by molar-refractivity contribution is -0.139. The molecule has 2 heteroatoms. The third-order valence-electron chi connectivity index (χ3n) is 0.694. The normalized spacial score (nSPS) is 11.1. The summed E-state index contributed by atoms with van der Waals surface area (Å²) in [6.45, 7) is 4.82. The molecular weight excluding hydrogens is 116 g/mol. The van der Waals surface area contributed by atoms with E-state index in [1.165, 1.54) is 0 Å². The number of esters is 1. The maximum atomic E-state index is 10.3. The van der Waals surface area contributed by atoms with Crippen molar-refractivity contribution >= 4 is 5.97 Å². The van der Waals surface area contributed by atoms with Gasteiger partial charge in [-0.05, 0) is 6.92 Å². The molecule has 1 unspecified atom stereocenters. The molecule has 0 aliphatic heterocycles. The molecule has 0 heterocycles. The molecule has 0 aliphatic rings. The molecule has 0 saturated carbocycles. The molecule has 9 heavy (non-hydrogen) atoms. The van der Waals surface area contributed by atoms with Gasteiger partial charge in [0.1, 0.15) is 0 Å². The number of terminal acetylenes is 1. The molecule has 0 amide bonds. The molecule has 0 spiro atoms. The average Bonchev–Trinajstić information content (AvgIpc) is 1.87. The fraction of sp³-hybridized carbons (Fsp3) is 0.286. The van der Waals surface area contributed by atoms with E-state index in [2.05, 4.69) is 17.2 Å². The highest BCUT2D eigenvalue weighted by Crippen LogP contribution is 1.87. The van der Waals surface area contributed by atoms with Gasteiger partial charge >= 0.3 is 5.97 Å². The smallest absolute Gasteiger partial charge is 0.331 e. The summed E-state index contributed by atoms with van der Waals surface area (Å²) >= 11 is 0. The van der Waals surface area contributed by atoms with Crippen molar-refractivity contribution in [2.75, 3.05) is 0 Å². The summed E-state index contributed by atoms with van der Waals surface area (Å²) in [6.07, 6.45) is 5.53. The van der Waals surface area contributed by atoms with Crippen LogP contribution in [-0.4, -0.2) is 12.1 Å². The Morgan fingerprint density at radius 2 is 2.56 bits per heavy atom. The molecule has 1 atom stereocenters. The van der Waals surface area contributed by atoms with Gasteiger partial charge < -0.3 is 4.74 Å². The highest BCUT2D eigenvalue weighted by Gasteiger charge is 1.99. The van der Waals surface area contributed by atoms with Gasteiger partial charge in [0.05, 0.1) is 0 Å². The van der Waals surface area contributed by atoms with Crippen LogP contribution < -0.4 is 0 Å². The van der Waals surface area contributed by atoms with E-state index < -0.39 is 12.1 Å². The summed E-state index contributed by atoms with van der Waals surface area (Å²) < 4.78 is 4.56. The van der Waals surface area contributed by atoms with E-state index in [1.54, 1.807) is 6.92 Å². The van der Waals surface area contributed by atoms with Crippen LogP contribution >= 0.6 is 0 Å². The molecule has 0 rings (SSSR count). The summed E-state index contributed by atoms with van der Waals surface area (Å²) in [5.41, 5.74) is 0. The monoisotopic (exact) mass is 124 g/mol. The van der Waals surface area contributed by atoms with Gasteiger partial charge in [0.15, 0.2) is 6.10 Å². The number of ether oxygens (including phenoxy) is 1. The van der Waals surface area contributed by atoms with Crippen molar-refractivity contribution in [3.05, 3.63) is 12.7 Å². The van der Waals surface area contributed by atoms with Gasteiger partial charge in [0, 0.05) is 6.08 Å². The van der Waals surface area contributed by atoms with Gasteiger partial charge in [0.25, 0.3) is 0 Å². The molecular formula is C7H8O2. The van der Waals surface area contributed by atoms with Crippen LogP contribution in [0.15, 0.2) is 12.7 Å². The van der Waals surface area contributed by atoms with Gasteiger partial charge in [0.2, 0.25) is 0 Å². The molecule has 0 radical (unpaired) electrons. The molecule has 0 fully saturated rings. The molecule has 0 aromatic carbocycles. The average molecular weight is 124 g/mol. The zero-order valence-electron chi connectivity index (χ0n) is 5.26. The third kappa shape index (κ3) is 3.36. The summed E-state index contributed by atoms with van der Waals surface area (Å²) in [6, 6.07) is 0. The van der Waals surface area contributed by atoms with E-state index in [1.807, 2.05) is 0 Å². The maximum absolute atomic E-state index is 10.3. The Labute approximate surface area is 54.5 Å². The standard InChI is InChI=1S/C7H8O2/c1-4-6(3)9-7(8)5-2/h1,5-6H,2H2,3H3. The van der Waals surface area contributed by atoms with Crippen LogP contribution in [0.5, 0.6) is 0 Å². The number of hydrogen-bond donors (Lipinski definition) is 0. The molecule has 0 N–H and O–H groups in total. The third-order valence-corrected chi connectivity index (χ3v) is 0.694. The number of carbonyl (C=O) groups excluding carboxylic acids is 1. The zero-order chi connectivity index (χ0) is 7.28. The molecule has 2 nitrogen and oxygen atoms in total. The lowest BCUT2D eigenvalue weighted by atomic mass is 10.4. The highest BCUT2D eigenvalue weighted by atomic mass is 16.5. The summed E-state index contributed by atoms with van der Waals surface area (Å²) in [4.78, 5) is 10.3. The molecule has 0 aromatic heterocycles. The first-order valence-electron chi connectivity index (χ1n) is 2.50. The Balaban J connectivity index is 3.62. The molecule has 0 bridgehead atoms. The Hall–Kier alpha value is -1.23. The quantitative estimate of drug-likeness (QED) is 0.308. The topological polar surface area (TPSA) is 26.3 Å². The molecule has 0 aliphatic carbocycles. The van der Waals surface area contributed by atoms with E-state index in [0.29, 0.717) is 0 Å². The fourth-order valence-electron chi connectivity index (χ4n) is 0.256. The van der Waals surface area contributed by atoms with E-state index >= 15 is 0 Å². The summed E-state index contributed by atoms with van der Waals surface area (Å²) in [7, 11) is 0. The fourth-order valence-corrected chi connectivity index (χ4v) is 0.256. The first-order chi connectivity index (χ1) is 4.20. The minimum absolute atomic E-state index is 0.463. The summed E-state index contributed by atoms with van der Waals surface area (Å²) in [5, 5.41) is 0. The van der Waals surface area contributed by atoms with Gasteiger partial charge in [-0.2, -0.15) is 0 Å². The second-order valence-corrected chi connectivity index (χ2v) is 1.45. The van der Waals surface area contributed by atoms with Crippen LogP contribution in [0.3, 0.4) is 0 Å². The van der Waals surface area contributed by atoms with Gasteiger partial charge in [-0.15, -0.1) is 6.42 Å². The van der Waals surface area contributed by atoms with Gasteiger partial charge in [-0.25, -0.2) is 4.79 Å². The lowest BCUT2D eigenvalue weighted by Crippen LogP contribution is -2.09. The van der Waals surface area contributed by atoms with E-state index in [9.17, 15) is 4.79 Å². The Morgan fingerprint density at radius 1 is 2.00 bits per heavy atom. The van der Waals surface area contributed by atoms with Crippen LogP contribution in [0.1, 0.15) is 6.92 Å². The van der Waals surface area contributed by atoms with Crippen molar-refractivity contribution in [3.63, 3.8) is 0 Å². The van der Waals surface area contributed by atoms with Crippen LogP contribution in [-0.2, 0) is 9.53 Å². The highest BCUT2D eigenvalue weighted by molar-refractivity contribution is 5.81. The van der Waals surface area contributed by atoms with Crippen molar-refractivity contribution < 1.29 is 9.53 Å². The Morgan fingerprint density at radius 3 is 2.89 bits per heavy atom. The van der Waals surface area contributed by atoms with Crippen molar-refractivity contribution in [1.29, 1.82) is 0 Å². The largest absolute Gasteiger partial charge is 0.446 e. The van der Waals surface area contributed by atoms with Crippen LogP contribution in [0, 0.1) is 12.3 Å². The number of hydrogen-bond acceptors (Lipinski definition) is 2.